The zero-order valence-corrected chi connectivity index (χ0v) is 10.4. The van der Waals surface area contributed by atoms with E-state index in [0.29, 0.717) is 25.2 Å². The lowest BCUT2D eigenvalue weighted by Gasteiger charge is -2.16. The van der Waals surface area contributed by atoms with Crippen molar-refractivity contribution in [2.45, 2.75) is 46.0 Å². The molecule has 4 nitrogen and oxygen atoms in total. The largest absolute Gasteiger partial charge is 0.463 e. The second kappa shape index (κ2) is 5.46. The van der Waals surface area contributed by atoms with Crippen LogP contribution in [0.3, 0.4) is 0 Å². The molecule has 92 valence electrons. The topological polar surface area (TPSA) is 44.8 Å². The van der Waals surface area contributed by atoms with Crippen LogP contribution < -0.4 is 0 Å². The zero-order chi connectivity index (χ0) is 12.2. The van der Waals surface area contributed by atoms with Gasteiger partial charge in [0.25, 0.3) is 0 Å². The molecule has 16 heavy (non-hydrogen) atoms. The highest BCUT2D eigenvalue weighted by Crippen LogP contribution is 2.24. The highest BCUT2D eigenvalue weighted by atomic mass is 16.7. The van der Waals surface area contributed by atoms with Crippen LogP contribution in [0.1, 0.15) is 34.1 Å². The first-order valence-electron chi connectivity index (χ1n) is 5.68. The molecule has 4 heteroatoms. The second-order valence-corrected chi connectivity index (χ2v) is 4.13. The lowest BCUT2D eigenvalue weighted by molar-refractivity contribution is -0.139. The lowest BCUT2D eigenvalue weighted by atomic mass is 10.1. The van der Waals surface area contributed by atoms with Crippen molar-refractivity contribution in [1.29, 1.82) is 0 Å². The summed E-state index contributed by atoms with van der Waals surface area (Å²) < 4.78 is 16.0. The van der Waals surface area contributed by atoms with Crippen LogP contribution in [0.4, 0.5) is 0 Å². The monoisotopic (exact) mass is 228 g/mol. The Kier molecular flexibility index (Phi) is 4.50. The molecule has 0 unspecified atom stereocenters. The molecule has 1 aliphatic heterocycles. The molecule has 0 spiro atoms. The van der Waals surface area contributed by atoms with Crippen molar-refractivity contribution in [3.05, 3.63) is 11.6 Å². The molecule has 1 atom stereocenters. The van der Waals surface area contributed by atoms with Crippen LogP contribution in [0.15, 0.2) is 11.6 Å². The van der Waals surface area contributed by atoms with Gasteiger partial charge in [-0.25, -0.2) is 4.79 Å². The molecule has 0 radical (unpaired) electrons. The normalized spacial score (nSPS) is 24.5. The maximum Gasteiger partial charge on any atom is 0.333 e. The van der Waals surface area contributed by atoms with E-state index in [9.17, 15) is 4.79 Å². The van der Waals surface area contributed by atoms with E-state index in [2.05, 4.69) is 0 Å². The van der Waals surface area contributed by atoms with E-state index in [4.69, 9.17) is 14.2 Å². The van der Waals surface area contributed by atoms with Gasteiger partial charge in [0, 0.05) is 5.57 Å². The lowest BCUT2D eigenvalue weighted by Crippen LogP contribution is -2.21. The van der Waals surface area contributed by atoms with Crippen LogP contribution in [0.25, 0.3) is 0 Å². The van der Waals surface area contributed by atoms with E-state index >= 15 is 0 Å². The third-order valence-corrected chi connectivity index (χ3v) is 2.34. The molecule has 0 aromatic carbocycles. The first-order valence-corrected chi connectivity index (χ1v) is 5.68. The minimum absolute atomic E-state index is 0.158. The van der Waals surface area contributed by atoms with Gasteiger partial charge in [0.1, 0.15) is 6.10 Å². The van der Waals surface area contributed by atoms with Crippen molar-refractivity contribution in [3.8, 4) is 0 Å². The molecule has 0 N–H and O–H groups in total. The Balaban J connectivity index is 2.63. The molecule has 1 aliphatic rings. The fourth-order valence-corrected chi connectivity index (χ4v) is 1.58. The van der Waals surface area contributed by atoms with Crippen molar-refractivity contribution in [2.24, 2.45) is 0 Å². The van der Waals surface area contributed by atoms with Crippen molar-refractivity contribution < 1.29 is 19.0 Å². The first kappa shape index (κ1) is 13.2. The summed E-state index contributed by atoms with van der Waals surface area (Å²) in [5.41, 5.74) is 0.646. The summed E-state index contributed by atoms with van der Waals surface area (Å²) in [7, 11) is 0. The number of hydrogen-bond donors (Lipinski definition) is 0. The summed E-state index contributed by atoms with van der Waals surface area (Å²) in [4.78, 5) is 11.5. The van der Waals surface area contributed by atoms with Crippen LogP contribution >= 0.6 is 0 Å². The van der Waals surface area contributed by atoms with Gasteiger partial charge in [-0.2, -0.15) is 0 Å². The van der Waals surface area contributed by atoms with Gasteiger partial charge in [-0.05, 0) is 33.3 Å². The van der Waals surface area contributed by atoms with E-state index in [1.165, 1.54) is 0 Å². The highest BCUT2D eigenvalue weighted by Gasteiger charge is 2.32. The standard InChI is InChI=1S/C12H20O4/c1-5-9(11(13)14-6-2)7-10-8-15-12(3,4)16-10/h7,10H,5-6,8H2,1-4H3/b9-7+/t10-/m0/s1. The highest BCUT2D eigenvalue weighted by molar-refractivity contribution is 5.88. The van der Waals surface area contributed by atoms with Crippen molar-refractivity contribution >= 4 is 5.97 Å². The molecule has 0 bridgehead atoms. The fraction of sp³-hybridized carbons (Fsp3) is 0.750. The van der Waals surface area contributed by atoms with Gasteiger partial charge in [-0.3, -0.25) is 0 Å². The number of ether oxygens (including phenoxy) is 3. The van der Waals surface area contributed by atoms with E-state index in [1.54, 1.807) is 13.0 Å². The van der Waals surface area contributed by atoms with Crippen molar-refractivity contribution in [3.63, 3.8) is 0 Å². The van der Waals surface area contributed by atoms with Gasteiger partial charge in [-0.1, -0.05) is 6.92 Å². The molecule has 0 aromatic rings. The molecular formula is C12H20O4. The van der Waals surface area contributed by atoms with E-state index in [1.807, 2.05) is 20.8 Å². The molecule has 1 heterocycles. The van der Waals surface area contributed by atoms with Crippen molar-refractivity contribution in [2.75, 3.05) is 13.2 Å². The van der Waals surface area contributed by atoms with Crippen LogP contribution in [0.2, 0.25) is 0 Å². The van der Waals surface area contributed by atoms with Crippen LogP contribution in [0.5, 0.6) is 0 Å². The van der Waals surface area contributed by atoms with Gasteiger partial charge in [0.15, 0.2) is 5.79 Å². The Morgan fingerprint density at radius 1 is 1.50 bits per heavy atom. The van der Waals surface area contributed by atoms with E-state index in [0.717, 1.165) is 0 Å². The average molecular weight is 228 g/mol. The Morgan fingerprint density at radius 2 is 2.19 bits per heavy atom. The van der Waals surface area contributed by atoms with E-state index in [-0.39, 0.29) is 12.1 Å². The summed E-state index contributed by atoms with van der Waals surface area (Å²) in [6.07, 6.45) is 2.28. The minimum atomic E-state index is -0.561. The summed E-state index contributed by atoms with van der Waals surface area (Å²) in [5, 5.41) is 0. The molecule has 1 fully saturated rings. The van der Waals surface area contributed by atoms with Gasteiger partial charge < -0.3 is 14.2 Å². The molecule has 0 aliphatic carbocycles. The SMILES string of the molecule is CCOC(=O)/C(=C/[C@H]1COC(C)(C)O1)CC. The molecule has 1 saturated heterocycles. The number of hydrogen-bond acceptors (Lipinski definition) is 4. The zero-order valence-electron chi connectivity index (χ0n) is 10.4. The maximum absolute atomic E-state index is 11.5. The second-order valence-electron chi connectivity index (χ2n) is 4.13. The Labute approximate surface area is 96.6 Å². The molecule has 0 aromatic heterocycles. The van der Waals surface area contributed by atoms with Gasteiger partial charge >= 0.3 is 5.97 Å². The third kappa shape index (κ3) is 3.61. The third-order valence-electron chi connectivity index (χ3n) is 2.34. The number of carbonyl (C=O) groups excluding carboxylic acids is 1. The fourth-order valence-electron chi connectivity index (χ4n) is 1.58. The number of rotatable bonds is 4. The van der Waals surface area contributed by atoms with Crippen molar-refractivity contribution in [1.82, 2.24) is 0 Å². The molecule has 0 saturated carbocycles. The average Bonchev–Trinajstić information content (AvgIpc) is 2.55. The first-order chi connectivity index (χ1) is 7.48. The quantitative estimate of drug-likeness (QED) is 0.545. The summed E-state index contributed by atoms with van der Waals surface area (Å²) in [5.74, 6) is -0.826. The van der Waals surface area contributed by atoms with Gasteiger partial charge in [0.2, 0.25) is 0 Å². The predicted octanol–water partition coefficient (Wildman–Crippen LogP) is 2.04. The summed E-state index contributed by atoms with van der Waals surface area (Å²) >= 11 is 0. The van der Waals surface area contributed by atoms with Gasteiger partial charge in [0.05, 0.1) is 13.2 Å². The molecule has 1 rings (SSSR count). The number of carbonyl (C=O) groups is 1. The smallest absolute Gasteiger partial charge is 0.333 e. The maximum atomic E-state index is 11.5. The Hall–Kier alpha value is -0.870. The van der Waals surface area contributed by atoms with E-state index < -0.39 is 5.79 Å². The minimum Gasteiger partial charge on any atom is -0.463 e. The number of esters is 1. The van der Waals surface area contributed by atoms with Crippen LogP contribution in [-0.4, -0.2) is 31.1 Å². The van der Waals surface area contributed by atoms with Gasteiger partial charge in [-0.15, -0.1) is 0 Å². The Bertz CT molecular complexity index is 281. The summed E-state index contributed by atoms with van der Waals surface area (Å²) in [6.45, 7) is 8.31. The predicted molar refractivity (Wildman–Crippen MR) is 59.9 cm³/mol. The van der Waals surface area contributed by atoms with Crippen LogP contribution in [-0.2, 0) is 19.0 Å². The Morgan fingerprint density at radius 3 is 2.62 bits per heavy atom. The molecular weight excluding hydrogens is 208 g/mol. The summed E-state index contributed by atoms with van der Waals surface area (Å²) in [6, 6.07) is 0. The molecule has 0 amide bonds. The van der Waals surface area contributed by atoms with Crippen LogP contribution in [0, 0.1) is 0 Å².